The van der Waals surface area contributed by atoms with Crippen molar-refractivity contribution in [1.82, 2.24) is 15.6 Å². The number of carbonyl (C=O) groups is 1. The SMILES string of the molecule is COc1nc(C2CCCOC2)c(F)cc1CNC(=O)[C@@H]1CCCN1. The highest BCUT2D eigenvalue weighted by atomic mass is 19.1. The molecular formula is C17H24FN3O3. The van der Waals surface area contributed by atoms with E-state index in [2.05, 4.69) is 15.6 Å². The Bertz CT molecular complexity index is 585. The fourth-order valence-electron chi connectivity index (χ4n) is 3.28. The van der Waals surface area contributed by atoms with Gasteiger partial charge in [0, 0.05) is 24.6 Å². The van der Waals surface area contributed by atoms with E-state index in [1.807, 2.05) is 0 Å². The van der Waals surface area contributed by atoms with Gasteiger partial charge in [-0.1, -0.05) is 0 Å². The highest BCUT2D eigenvalue weighted by Gasteiger charge is 2.25. The van der Waals surface area contributed by atoms with E-state index in [0.717, 1.165) is 32.2 Å². The van der Waals surface area contributed by atoms with E-state index in [0.29, 0.717) is 30.4 Å². The summed E-state index contributed by atoms with van der Waals surface area (Å²) in [5, 5.41) is 5.97. The summed E-state index contributed by atoms with van der Waals surface area (Å²) in [6.07, 6.45) is 3.59. The number of hydrogen-bond acceptors (Lipinski definition) is 5. The van der Waals surface area contributed by atoms with Crippen LogP contribution in [0.2, 0.25) is 0 Å². The molecule has 0 spiro atoms. The number of carbonyl (C=O) groups excluding carboxylic acids is 1. The van der Waals surface area contributed by atoms with Crippen molar-refractivity contribution in [2.24, 2.45) is 0 Å². The maximum Gasteiger partial charge on any atom is 0.237 e. The van der Waals surface area contributed by atoms with Gasteiger partial charge in [-0.2, -0.15) is 0 Å². The highest BCUT2D eigenvalue weighted by molar-refractivity contribution is 5.82. The first-order valence-corrected chi connectivity index (χ1v) is 8.51. The molecule has 2 saturated heterocycles. The molecule has 0 aromatic carbocycles. The standard InChI is InChI=1S/C17H24FN3O3/c1-23-17-12(9-20-16(22)14-5-2-6-19-14)8-13(18)15(21-17)11-4-3-7-24-10-11/h8,11,14,19H,2-7,9-10H2,1H3,(H,20,22)/t11?,14-/m0/s1. The molecule has 24 heavy (non-hydrogen) atoms. The van der Waals surface area contributed by atoms with Crippen LogP contribution in [-0.4, -0.2) is 43.8 Å². The maximum absolute atomic E-state index is 14.5. The van der Waals surface area contributed by atoms with Crippen LogP contribution < -0.4 is 15.4 Å². The van der Waals surface area contributed by atoms with E-state index < -0.39 is 0 Å². The predicted molar refractivity (Wildman–Crippen MR) is 86.4 cm³/mol. The van der Waals surface area contributed by atoms with Crippen molar-refractivity contribution < 1.29 is 18.7 Å². The monoisotopic (exact) mass is 337 g/mol. The molecule has 2 N–H and O–H groups in total. The fourth-order valence-corrected chi connectivity index (χ4v) is 3.28. The van der Waals surface area contributed by atoms with Crippen LogP contribution in [0.25, 0.3) is 0 Å². The van der Waals surface area contributed by atoms with Gasteiger partial charge in [-0.15, -0.1) is 0 Å². The molecule has 132 valence electrons. The van der Waals surface area contributed by atoms with E-state index in [1.54, 1.807) is 0 Å². The Morgan fingerprint density at radius 2 is 2.38 bits per heavy atom. The second-order valence-electron chi connectivity index (χ2n) is 6.30. The molecule has 2 aliphatic heterocycles. The molecule has 7 heteroatoms. The molecule has 0 aliphatic carbocycles. The summed E-state index contributed by atoms with van der Waals surface area (Å²) in [5.74, 6) is -0.120. The average molecular weight is 337 g/mol. The molecule has 3 heterocycles. The Hall–Kier alpha value is -1.73. The number of methoxy groups -OCH3 is 1. The Morgan fingerprint density at radius 1 is 1.50 bits per heavy atom. The first-order chi connectivity index (χ1) is 11.7. The number of aromatic nitrogens is 1. The van der Waals surface area contributed by atoms with Gasteiger partial charge < -0.3 is 20.1 Å². The van der Waals surface area contributed by atoms with E-state index in [-0.39, 0.29) is 30.2 Å². The topological polar surface area (TPSA) is 72.5 Å². The van der Waals surface area contributed by atoms with E-state index in [9.17, 15) is 9.18 Å². The number of halogens is 1. The van der Waals surface area contributed by atoms with E-state index in [1.165, 1.54) is 13.2 Å². The third-order valence-electron chi connectivity index (χ3n) is 4.61. The van der Waals surface area contributed by atoms with Crippen molar-refractivity contribution in [3.05, 3.63) is 23.1 Å². The second-order valence-corrected chi connectivity index (χ2v) is 6.30. The average Bonchev–Trinajstić information content (AvgIpc) is 3.15. The number of pyridine rings is 1. The Morgan fingerprint density at radius 3 is 3.04 bits per heavy atom. The number of amides is 1. The molecule has 2 aliphatic rings. The summed E-state index contributed by atoms with van der Waals surface area (Å²) in [7, 11) is 1.51. The van der Waals surface area contributed by atoms with E-state index >= 15 is 0 Å². The molecule has 1 aromatic heterocycles. The lowest BCUT2D eigenvalue weighted by Crippen LogP contribution is -2.40. The van der Waals surface area contributed by atoms with Gasteiger partial charge in [-0.25, -0.2) is 9.37 Å². The Kier molecular flexibility index (Phi) is 5.63. The minimum Gasteiger partial charge on any atom is -0.481 e. The third-order valence-corrected chi connectivity index (χ3v) is 4.61. The van der Waals surface area contributed by atoms with Crippen LogP contribution in [0.5, 0.6) is 5.88 Å². The van der Waals surface area contributed by atoms with Crippen LogP contribution >= 0.6 is 0 Å². The molecule has 3 rings (SSSR count). The van der Waals surface area contributed by atoms with Crippen molar-refractivity contribution >= 4 is 5.91 Å². The van der Waals surface area contributed by atoms with Gasteiger partial charge in [0.25, 0.3) is 0 Å². The number of nitrogens with zero attached hydrogens (tertiary/aromatic N) is 1. The molecular weight excluding hydrogens is 313 g/mol. The minimum absolute atomic E-state index is 0.0426. The van der Waals surface area contributed by atoms with E-state index in [4.69, 9.17) is 9.47 Å². The van der Waals surface area contributed by atoms with Crippen molar-refractivity contribution in [2.75, 3.05) is 26.9 Å². The lowest BCUT2D eigenvalue weighted by atomic mass is 9.97. The van der Waals surface area contributed by atoms with Gasteiger partial charge in [-0.05, 0) is 38.3 Å². The first kappa shape index (κ1) is 17.1. The summed E-state index contributed by atoms with van der Waals surface area (Å²) in [6, 6.07) is 1.26. The van der Waals surface area contributed by atoms with Crippen LogP contribution in [0.15, 0.2) is 6.07 Å². The lowest BCUT2D eigenvalue weighted by molar-refractivity contribution is -0.122. The molecule has 6 nitrogen and oxygen atoms in total. The zero-order valence-electron chi connectivity index (χ0n) is 13.9. The van der Waals surface area contributed by atoms with Gasteiger partial charge >= 0.3 is 0 Å². The molecule has 0 radical (unpaired) electrons. The van der Waals surface area contributed by atoms with Crippen LogP contribution in [0.4, 0.5) is 4.39 Å². The first-order valence-electron chi connectivity index (χ1n) is 8.51. The quantitative estimate of drug-likeness (QED) is 0.852. The van der Waals surface area contributed by atoms with Crippen molar-refractivity contribution in [3.8, 4) is 5.88 Å². The number of rotatable bonds is 5. The zero-order chi connectivity index (χ0) is 16.9. The largest absolute Gasteiger partial charge is 0.481 e. The molecule has 1 amide bonds. The van der Waals surface area contributed by atoms with Crippen molar-refractivity contribution in [3.63, 3.8) is 0 Å². The molecule has 2 fully saturated rings. The highest BCUT2D eigenvalue weighted by Crippen LogP contribution is 2.29. The van der Waals surface area contributed by atoms with Crippen molar-refractivity contribution in [1.29, 1.82) is 0 Å². The zero-order valence-corrected chi connectivity index (χ0v) is 13.9. The number of hydrogen-bond donors (Lipinski definition) is 2. The van der Waals surface area contributed by atoms with Crippen LogP contribution in [0, 0.1) is 5.82 Å². The van der Waals surface area contributed by atoms with Gasteiger partial charge in [0.05, 0.1) is 25.5 Å². The van der Waals surface area contributed by atoms with Gasteiger partial charge in [0.1, 0.15) is 5.82 Å². The second kappa shape index (κ2) is 7.90. The van der Waals surface area contributed by atoms with Crippen LogP contribution in [0.3, 0.4) is 0 Å². The Labute approximate surface area is 141 Å². The maximum atomic E-state index is 14.5. The number of ether oxygens (including phenoxy) is 2. The van der Waals surface area contributed by atoms with Gasteiger partial charge in [-0.3, -0.25) is 4.79 Å². The van der Waals surface area contributed by atoms with Gasteiger partial charge in [0.2, 0.25) is 11.8 Å². The molecule has 1 unspecified atom stereocenters. The Balaban J connectivity index is 1.70. The molecule has 1 aromatic rings. The summed E-state index contributed by atoms with van der Waals surface area (Å²) < 4.78 is 25.2. The molecule has 0 saturated carbocycles. The summed E-state index contributed by atoms with van der Waals surface area (Å²) in [5.41, 5.74) is 0.931. The normalized spacial score (nSPS) is 23.9. The fraction of sp³-hybridized carbons (Fsp3) is 0.647. The molecule has 2 atom stereocenters. The van der Waals surface area contributed by atoms with Crippen molar-refractivity contribution in [2.45, 2.75) is 44.2 Å². The summed E-state index contributed by atoms with van der Waals surface area (Å²) in [6.45, 7) is 2.26. The number of nitrogens with one attached hydrogen (secondary N) is 2. The van der Waals surface area contributed by atoms with Gasteiger partial charge in [0.15, 0.2) is 0 Å². The molecule has 0 bridgehead atoms. The van der Waals surface area contributed by atoms with Crippen LogP contribution in [0.1, 0.15) is 42.9 Å². The summed E-state index contributed by atoms with van der Waals surface area (Å²) >= 11 is 0. The minimum atomic E-state index is -0.366. The lowest BCUT2D eigenvalue weighted by Gasteiger charge is -2.23. The third kappa shape index (κ3) is 3.84. The van der Waals surface area contributed by atoms with Crippen LogP contribution in [-0.2, 0) is 16.1 Å². The predicted octanol–water partition coefficient (Wildman–Crippen LogP) is 1.49. The smallest absolute Gasteiger partial charge is 0.237 e. The summed E-state index contributed by atoms with van der Waals surface area (Å²) in [4.78, 5) is 16.4.